The molecule has 0 atom stereocenters. The zero-order valence-corrected chi connectivity index (χ0v) is 14.8. The molecule has 1 N–H and O–H groups in total. The van der Waals surface area contributed by atoms with E-state index in [1.807, 2.05) is 17.5 Å². The van der Waals surface area contributed by atoms with E-state index in [1.165, 1.54) is 0 Å². The summed E-state index contributed by atoms with van der Waals surface area (Å²) >= 11 is 1.58. The summed E-state index contributed by atoms with van der Waals surface area (Å²) in [5, 5.41) is 9.12. The Hall–Kier alpha value is -2.39. The molecule has 0 aliphatic rings. The van der Waals surface area contributed by atoms with Crippen LogP contribution in [0.15, 0.2) is 41.8 Å². The Morgan fingerprint density at radius 3 is 2.58 bits per heavy atom. The van der Waals surface area contributed by atoms with Crippen molar-refractivity contribution >= 4 is 27.3 Å². The van der Waals surface area contributed by atoms with Crippen molar-refractivity contribution in [2.45, 2.75) is 6.54 Å². The molecule has 9 heteroatoms. The molecule has 0 fully saturated rings. The number of hydrogen-bond donors (Lipinski definition) is 1. The molecule has 0 saturated carbocycles. The van der Waals surface area contributed by atoms with Crippen molar-refractivity contribution in [2.24, 2.45) is 0 Å². The largest absolute Gasteiger partial charge is 0.497 e. The number of anilines is 1. The molecule has 1 aromatic carbocycles. The highest BCUT2D eigenvalue weighted by Gasteiger charge is 2.18. The standard InChI is InChI=1S/C15H16N4O3S2/c1-22-12-7-5-11(6-8-12)14-17-15(19(18-14)24(2,20)21)16-10-13-4-3-9-23-13/h3-9H,10H2,1-2H3,(H,16,17,18). The van der Waals surface area contributed by atoms with Crippen LogP contribution in [0.4, 0.5) is 5.95 Å². The Bertz CT molecular complexity index is 916. The van der Waals surface area contributed by atoms with Crippen LogP contribution >= 0.6 is 11.3 Å². The van der Waals surface area contributed by atoms with Gasteiger partial charge in [0.1, 0.15) is 5.75 Å². The fourth-order valence-electron chi connectivity index (χ4n) is 2.08. The first-order chi connectivity index (χ1) is 11.5. The Balaban J connectivity index is 1.93. The summed E-state index contributed by atoms with van der Waals surface area (Å²) in [7, 11) is -1.98. The van der Waals surface area contributed by atoms with Gasteiger partial charge in [-0.2, -0.15) is 4.98 Å². The van der Waals surface area contributed by atoms with Gasteiger partial charge < -0.3 is 10.1 Å². The van der Waals surface area contributed by atoms with Gasteiger partial charge in [-0.15, -0.1) is 20.5 Å². The molecule has 0 bridgehead atoms. The first-order valence-electron chi connectivity index (χ1n) is 7.05. The lowest BCUT2D eigenvalue weighted by Gasteiger charge is -2.04. The van der Waals surface area contributed by atoms with Crippen LogP contribution in [0.2, 0.25) is 0 Å². The SMILES string of the molecule is COc1ccc(-c2nc(NCc3cccs3)n(S(C)(=O)=O)n2)cc1. The van der Waals surface area contributed by atoms with Crippen LogP contribution in [0.5, 0.6) is 5.75 Å². The van der Waals surface area contributed by atoms with E-state index >= 15 is 0 Å². The zero-order valence-electron chi connectivity index (χ0n) is 13.1. The number of nitrogens with one attached hydrogen (secondary N) is 1. The average Bonchev–Trinajstić information content (AvgIpc) is 3.22. The minimum atomic E-state index is -3.57. The van der Waals surface area contributed by atoms with Gasteiger partial charge in [0.25, 0.3) is 10.0 Å². The molecule has 0 radical (unpaired) electrons. The number of ether oxygens (including phenoxy) is 1. The highest BCUT2D eigenvalue weighted by molar-refractivity contribution is 7.89. The minimum absolute atomic E-state index is 0.191. The number of nitrogens with zero attached hydrogens (tertiary/aromatic N) is 3. The summed E-state index contributed by atoms with van der Waals surface area (Å²) < 4.78 is 30.0. The molecule has 2 heterocycles. The summed E-state index contributed by atoms with van der Waals surface area (Å²) in [6, 6.07) is 11.0. The maximum atomic E-state index is 12.0. The van der Waals surface area contributed by atoms with Gasteiger partial charge >= 0.3 is 0 Å². The van der Waals surface area contributed by atoms with E-state index < -0.39 is 10.0 Å². The molecule has 2 aromatic heterocycles. The topological polar surface area (TPSA) is 86.1 Å². The predicted molar refractivity (Wildman–Crippen MR) is 93.9 cm³/mol. The Morgan fingerprint density at radius 1 is 1.25 bits per heavy atom. The van der Waals surface area contributed by atoms with E-state index in [4.69, 9.17) is 4.74 Å². The normalized spacial score (nSPS) is 11.4. The Morgan fingerprint density at radius 2 is 2.00 bits per heavy atom. The minimum Gasteiger partial charge on any atom is -0.497 e. The van der Waals surface area contributed by atoms with Gasteiger partial charge in [0.05, 0.1) is 19.9 Å². The number of benzene rings is 1. The maximum Gasteiger partial charge on any atom is 0.254 e. The van der Waals surface area contributed by atoms with E-state index in [0.717, 1.165) is 15.2 Å². The lowest BCUT2D eigenvalue weighted by atomic mass is 10.2. The molecular formula is C15H16N4O3S2. The molecule has 24 heavy (non-hydrogen) atoms. The van der Waals surface area contributed by atoms with Crippen molar-refractivity contribution in [3.8, 4) is 17.1 Å². The maximum absolute atomic E-state index is 12.0. The molecule has 0 aliphatic carbocycles. The van der Waals surface area contributed by atoms with Gasteiger partial charge in [0.15, 0.2) is 5.82 Å². The van der Waals surface area contributed by atoms with Crippen molar-refractivity contribution < 1.29 is 13.2 Å². The molecule has 3 rings (SSSR count). The number of rotatable bonds is 6. The van der Waals surface area contributed by atoms with Crippen molar-refractivity contribution in [1.29, 1.82) is 0 Å². The number of aromatic nitrogens is 3. The van der Waals surface area contributed by atoms with Crippen LogP contribution in [-0.2, 0) is 16.6 Å². The third kappa shape index (κ3) is 3.57. The number of methoxy groups -OCH3 is 1. The summed E-state index contributed by atoms with van der Waals surface area (Å²) in [4.78, 5) is 5.40. The quantitative estimate of drug-likeness (QED) is 0.723. The van der Waals surface area contributed by atoms with Gasteiger partial charge in [-0.25, -0.2) is 8.42 Å². The fourth-order valence-corrected chi connectivity index (χ4v) is 3.37. The molecule has 0 unspecified atom stereocenters. The lowest BCUT2D eigenvalue weighted by Crippen LogP contribution is -2.16. The van der Waals surface area contributed by atoms with Crippen LogP contribution < -0.4 is 10.1 Å². The third-order valence-electron chi connectivity index (χ3n) is 3.24. The van der Waals surface area contributed by atoms with Crippen LogP contribution in [0, 0.1) is 0 Å². The van der Waals surface area contributed by atoms with Gasteiger partial charge in [-0.1, -0.05) is 6.07 Å². The smallest absolute Gasteiger partial charge is 0.254 e. The molecule has 0 amide bonds. The van der Waals surface area contributed by atoms with Crippen LogP contribution in [0.1, 0.15) is 4.88 Å². The van der Waals surface area contributed by atoms with Crippen LogP contribution in [0.25, 0.3) is 11.4 Å². The summed E-state index contributed by atoms with van der Waals surface area (Å²) in [5.41, 5.74) is 0.706. The van der Waals surface area contributed by atoms with Crippen LogP contribution in [-0.4, -0.2) is 36.0 Å². The third-order valence-corrected chi connectivity index (χ3v) is 5.00. The second kappa shape index (κ2) is 6.62. The molecule has 0 spiro atoms. The molecule has 126 valence electrons. The monoisotopic (exact) mass is 364 g/mol. The molecular weight excluding hydrogens is 348 g/mol. The molecule has 7 nitrogen and oxygen atoms in total. The first kappa shape index (κ1) is 16.5. The van der Waals surface area contributed by atoms with Gasteiger partial charge in [0, 0.05) is 10.4 Å². The van der Waals surface area contributed by atoms with Crippen molar-refractivity contribution in [3.63, 3.8) is 0 Å². The second-order valence-electron chi connectivity index (χ2n) is 5.03. The highest BCUT2D eigenvalue weighted by atomic mass is 32.2. The zero-order chi connectivity index (χ0) is 17.2. The van der Waals surface area contributed by atoms with Crippen molar-refractivity contribution in [1.82, 2.24) is 14.2 Å². The molecule has 0 aliphatic heterocycles. The number of hydrogen-bond acceptors (Lipinski definition) is 7. The lowest BCUT2D eigenvalue weighted by molar-refractivity contribution is 0.415. The van der Waals surface area contributed by atoms with Crippen molar-refractivity contribution in [3.05, 3.63) is 46.7 Å². The van der Waals surface area contributed by atoms with E-state index in [2.05, 4.69) is 15.4 Å². The first-order valence-corrected chi connectivity index (χ1v) is 9.78. The second-order valence-corrected chi connectivity index (χ2v) is 7.87. The van der Waals surface area contributed by atoms with Gasteiger partial charge in [-0.3, -0.25) is 0 Å². The predicted octanol–water partition coefficient (Wildman–Crippen LogP) is 2.44. The molecule has 3 aromatic rings. The van der Waals surface area contributed by atoms with E-state index in [-0.39, 0.29) is 5.95 Å². The van der Waals surface area contributed by atoms with Gasteiger partial charge in [-0.05, 0) is 35.7 Å². The fraction of sp³-hybridized carbons (Fsp3) is 0.200. The van der Waals surface area contributed by atoms with Crippen LogP contribution in [0.3, 0.4) is 0 Å². The Kier molecular flexibility index (Phi) is 4.54. The summed E-state index contributed by atoms with van der Waals surface area (Å²) in [6.07, 6.45) is 1.09. The summed E-state index contributed by atoms with van der Waals surface area (Å²) in [6.45, 7) is 0.480. The van der Waals surface area contributed by atoms with Gasteiger partial charge in [0.2, 0.25) is 5.95 Å². The Labute approximate surface area is 144 Å². The van der Waals surface area contributed by atoms with E-state index in [0.29, 0.717) is 23.7 Å². The summed E-state index contributed by atoms with van der Waals surface area (Å²) in [5.74, 6) is 1.23. The number of thiophene rings is 1. The molecule has 0 saturated heterocycles. The average molecular weight is 364 g/mol. The van der Waals surface area contributed by atoms with E-state index in [9.17, 15) is 8.42 Å². The van der Waals surface area contributed by atoms with E-state index in [1.54, 1.807) is 42.7 Å². The highest BCUT2D eigenvalue weighted by Crippen LogP contribution is 2.22. The van der Waals surface area contributed by atoms with Crippen molar-refractivity contribution in [2.75, 3.05) is 18.7 Å².